The molecule has 6 heteroatoms. The van der Waals surface area contributed by atoms with E-state index >= 15 is 0 Å². The summed E-state index contributed by atoms with van der Waals surface area (Å²) in [6.45, 7) is 1.95. The summed E-state index contributed by atoms with van der Waals surface area (Å²) in [5, 5.41) is 6.23. The summed E-state index contributed by atoms with van der Waals surface area (Å²) in [5.41, 5.74) is 2.43. The van der Waals surface area contributed by atoms with Gasteiger partial charge >= 0.3 is 13.4 Å². The van der Waals surface area contributed by atoms with Gasteiger partial charge in [-0.15, -0.1) is 0 Å². The molecule has 136 valence electrons. The molecule has 1 aliphatic rings. The van der Waals surface area contributed by atoms with Gasteiger partial charge in [0.2, 0.25) is 0 Å². The number of benzene rings is 3. The third-order valence-electron chi connectivity index (χ3n) is 4.45. The molecule has 0 bridgehead atoms. The zero-order valence-electron chi connectivity index (χ0n) is 14.8. The number of carbonyl (C=O) groups excluding carboxylic acids is 1. The number of rotatable bonds is 3. The molecule has 4 rings (SSSR count). The number of aryl methyl sites for hydroxylation is 1. The fourth-order valence-corrected chi connectivity index (χ4v) is 5.61. The van der Waals surface area contributed by atoms with E-state index in [9.17, 15) is 9.36 Å². The van der Waals surface area contributed by atoms with Crippen LogP contribution in [-0.4, -0.2) is 6.03 Å². The van der Waals surface area contributed by atoms with E-state index in [0.29, 0.717) is 22.3 Å². The van der Waals surface area contributed by atoms with Crippen molar-refractivity contribution in [2.24, 2.45) is 0 Å². The van der Waals surface area contributed by atoms with Crippen molar-refractivity contribution in [2.75, 3.05) is 5.32 Å². The summed E-state index contributed by atoms with van der Waals surface area (Å²) in [5.74, 6) is -0.216. The first-order valence-corrected chi connectivity index (χ1v) is 10.3. The molecule has 27 heavy (non-hydrogen) atoms. The summed E-state index contributed by atoms with van der Waals surface area (Å²) in [6.07, 6.45) is 0. The Morgan fingerprint density at radius 3 is 2.48 bits per heavy atom. The van der Waals surface area contributed by atoms with E-state index in [1.807, 2.05) is 67.6 Å². The van der Waals surface area contributed by atoms with Gasteiger partial charge in [-0.3, -0.25) is 4.57 Å². The molecule has 2 N–H and O–H groups in total. The van der Waals surface area contributed by atoms with Crippen molar-refractivity contribution < 1.29 is 13.9 Å². The number of amides is 2. The van der Waals surface area contributed by atoms with Crippen LogP contribution in [0, 0.1) is 6.92 Å². The van der Waals surface area contributed by atoms with Crippen LogP contribution in [0.4, 0.5) is 10.5 Å². The molecule has 0 unspecified atom stereocenters. The second-order valence-corrected chi connectivity index (χ2v) is 8.84. The lowest BCUT2D eigenvalue weighted by molar-refractivity contribution is 0.251. The zero-order valence-corrected chi connectivity index (χ0v) is 15.6. The predicted octanol–water partition coefficient (Wildman–Crippen LogP) is 4.81. The molecule has 1 heterocycles. The van der Waals surface area contributed by atoms with Crippen LogP contribution in [0.2, 0.25) is 0 Å². The Hall–Kier alpha value is -3.04. The second-order valence-electron chi connectivity index (χ2n) is 6.43. The zero-order chi connectivity index (χ0) is 18.9. The number of para-hydroxylation sites is 1. The molecule has 0 aliphatic carbocycles. The Morgan fingerprint density at radius 2 is 1.70 bits per heavy atom. The van der Waals surface area contributed by atoms with Gasteiger partial charge in [0, 0.05) is 11.3 Å². The Kier molecular flexibility index (Phi) is 4.46. The van der Waals surface area contributed by atoms with E-state index in [4.69, 9.17) is 4.52 Å². The van der Waals surface area contributed by atoms with Crippen molar-refractivity contribution in [3.8, 4) is 5.75 Å². The van der Waals surface area contributed by atoms with E-state index in [1.54, 1.807) is 18.2 Å². The third kappa shape index (κ3) is 3.34. The standard InChI is InChI=1S/C21H19N2O3P/c1-15-8-7-9-16(14-15)22-21(24)23-20-18-12-5-6-13-19(18)26-27(20,25)17-10-3-2-4-11-17/h2-14,20H,1H3,(H2,22,23,24)/t20-,27-/m1/s1. The highest BCUT2D eigenvalue weighted by atomic mass is 31.2. The average molecular weight is 378 g/mol. The second kappa shape index (κ2) is 6.93. The molecule has 0 spiro atoms. The summed E-state index contributed by atoms with van der Waals surface area (Å²) in [7, 11) is -3.35. The maximum atomic E-state index is 13.8. The van der Waals surface area contributed by atoms with Crippen LogP contribution in [-0.2, 0) is 4.57 Å². The van der Waals surface area contributed by atoms with Gasteiger partial charge in [0.15, 0.2) is 5.78 Å². The quantitative estimate of drug-likeness (QED) is 0.643. The normalized spacial score (nSPS) is 20.4. The Bertz CT molecular complexity index is 1040. The Morgan fingerprint density at radius 1 is 0.963 bits per heavy atom. The number of urea groups is 1. The number of nitrogens with one attached hydrogen (secondary N) is 2. The van der Waals surface area contributed by atoms with E-state index in [1.165, 1.54) is 0 Å². The monoisotopic (exact) mass is 378 g/mol. The number of hydrogen-bond acceptors (Lipinski definition) is 3. The van der Waals surface area contributed by atoms with Gasteiger partial charge in [0.1, 0.15) is 5.75 Å². The third-order valence-corrected chi connectivity index (χ3v) is 7.02. The van der Waals surface area contributed by atoms with Gasteiger partial charge < -0.3 is 15.2 Å². The van der Waals surface area contributed by atoms with Crippen LogP contribution in [0.1, 0.15) is 16.9 Å². The smallest absolute Gasteiger partial charge is 0.320 e. The fourth-order valence-electron chi connectivity index (χ4n) is 3.19. The van der Waals surface area contributed by atoms with Crippen molar-refractivity contribution in [1.29, 1.82) is 0 Å². The van der Waals surface area contributed by atoms with Crippen LogP contribution in [0.5, 0.6) is 5.75 Å². The molecule has 0 saturated heterocycles. The fraction of sp³-hybridized carbons (Fsp3) is 0.0952. The summed E-state index contributed by atoms with van der Waals surface area (Å²) >= 11 is 0. The van der Waals surface area contributed by atoms with Crippen LogP contribution in [0.15, 0.2) is 78.9 Å². The number of carbonyl (C=O) groups is 1. The minimum atomic E-state index is -3.35. The summed E-state index contributed by atoms with van der Waals surface area (Å²) in [6, 6.07) is 23.3. The van der Waals surface area contributed by atoms with E-state index in [0.717, 1.165) is 5.56 Å². The van der Waals surface area contributed by atoms with E-state index in [2.05, 4.69) is 10.6 Å². The molecule has 5 nitrogen and oxygen atoms in total. The number of fused-ring (bicyclic) bond motifs is 1. The first kappa shape index (κ1) is 17.4. The van der Waals surface area contributed by atoms with E-state index < -0.39 is 19.2 Å². The molecule has 3 aromatic carbocycles. The van der Waals surface area contributed by atoms with Crippen molar-refractivity contribution >= 4 is 24.4 Å². The number of hydrogen-bond donors (Lipinski definition) is 2. The highest BCUT2D eigenvalue weighted by molar-refractivity contribution is 7.68. The molecule has 0 saturated carbocycles. The molecule has 3 aromatic rings. The molecule has 2 atom stereocenters. The largest absolute Gasteiger partial charge is 0.438 e. The van der Waals surface area contributed by atoms with Gasteiger partial charge in [-0.25, -0.2) is 4.79 Å². The lowest BCUT2D eigenvalue weighted by Crippen LogP contribution is -2.33. The van der Waals surface area contributed by atoms with E-state index in [-0.39, 0.29) is 0 Å². The first-order valence-electron chi connectivity index (χ1n) is 8.64. The maximum absolute atomic E-state index is 13.8. The topological polar surface area (TPSA) is 67.4 Å². The van der Waals surface area contributed by atoms with Crippen LogP contribution in [0.3, 0.4) is 0 Å². The van der Waals surface area contributed by atoms with Gasteiger partial charge in [0.05, 0.1) is 5.30 Å². The lowest BCUT2D eigenvalue weighted by Gasteiger charge is -2.21. The van der Waals surface area contributed by atoms with Crippen molar-refractivity contribution in [2.45, 2.75) is 12.7 Å². The van der Waals surface area contributed by atoms with Gasteiger partial charge in [0.25, 0.3) is 0 Å². The van der Waals surface area contributed by atoms with Crippen LogP contribution < -0.4 is 20.5 Å². The molecular formula is C21H19N2O3P. The SMILES string of the molecule is Cc1cccc(NC(=O)N[C@H]2c3ccccc3O[P@]2(=O)c2ccccc2)c1. The van der Waals surface area contributed by atoms with Crippen molar-refractivity contribution in [3.63, 3.8) is 0 Å². The minimum Gasteiger partial charge on any atom is -0.438 e. The van der Waals surface area contributed by atoms with Crippen LogP contribution in [0.25, 0.3) is 0 Å². The highest BCUT2D eigenvalue weighted by Gasteiger charge is 2.46. The highest BCUT2D eigenvalue weighted by Crippen LogP contribution is 2.64. The lowest BCUT2D eigenvalue weighted by atomic mass is 10.2. The molecule has 2 amide bonds. The Balaban J connectivity index is 1.65. The van der Waals surface area contributed by atoms with Crippen molar-refractivity contribution in [3.05, 3.63) is 90.0 Å². The molecule has 0 aromatic heterocycles. The predicted molar refractivity (Wildman–Crippen MR) is 107 cm³/mol. The van der Waals surface area contributed by atoms with Gasteiger partial charge in [-0.2, -0.15) is 0 Å². The molecule has 0 fully saturated rings. The maximum Gasteiger partial charge on any atom is 0.320 e. The first-order chi connectivity index (χ1) is 13.1. The Labute approximate surface area is 157 Å². The molecular weight excluding hydrogens is 359 g/mol. The van der Waals surface area contributed by atoms with Gasteiger partial charge in [-0.1, -0.05) is 48.5 Å². The molecule has 0 radical (unpaired) electrons. The summed E-state index contributed by atoms with van der Waals surface area (Å²) in [4.78, 5) is 12.6. The summed E-state index contributed by atoms with van der Waals surface area (Å²) < 4.78 is 19.7. The minimum absolute atomic E-state index is 0.429. The van der Waals surface area contributed by atoms with Gasteiger partial charge in [-0.05, 0) is 42.8 Å². The molecule has 1 aliphatic heterocycles. The van der Waals surface area contributed by atoms with Crippen LogP contribution >= 0.6 is 7.37 Å². The average Bonchev–Trinajstić information content (AvgIpc) is 2.95. The number of anilines is 1. The van der Waals surface area contributed by atoms with Crippen molar-refractivity contribution in [1.82, 2.24) is 5.32 Å².